The molecule has 0 spiro atoms. The number of para-hydroxylation sites is 1. The monoisotopic (exact) mass is 278 g/mol. The Morgan fingerprint density at radius 2 is 2.16 bits per heavy atom. The third-order valence-electron chi connectivity index (χ3n) is 2.33. The van der Waals surface area contributed by atoms with E-state index in [0.29, 0.717) is 0 Å². The molecule has 0 radical (unpaired) electrons. The van der Waals surface area contributed by atoms with Gasteiger partial charge in [-0.25, -0.2) is 9.48 Å². The summed E-state index contributed by atoms with van der Waals surface area (Å²) in [6.45, 7) is 0.185. The quantitative estimate of drug-likeness (QED) is 0.913. The number of aromatic carboxylic acids is 1. The molecule has 0 fully saturated rings. The Bertz CT molecular complexity index is 593. The maximum absolute atomic E-state index is 11.1. The molecule has 0 atom stereocenters. The van der Waals surface area contributed by atoms with Crippen LogP contribution in [0.25, 0.3) is 5.69 Å². The van der Waals surface area contributed by atoms with Gasteiger partial charge >= 0.3 is 5.97 Å². The number of halogens is 1. The highest BCUT2D eigenvalue weighted by Crippen LogP contribution is 2.19. The van der Waals surface area contributed by atoms with Crippen molar-refractivity contribution in [3.8, 4) is 11.4 Å². The minimum atomic E-state index is -1.14. The molecule has 0 amide bonds. The summed E-state index contributed by atoms with van der Waals surface area (Å²) in [7, 11) is 0. The number of carboxylic acid groups (broad SMARTS) is 1. The van der Waals surface area contributed by atoms with E-state index in [1.54, 1.807) is 6.08 Å². The van der Waals surface area contributed by atoms with Gasteiger partial charge in [0.25, 0.3) is 0 Å². The molecule has 1 aromatic heterocycles. The summed E-state index contributed by atoms with van der Waals surface area (Å²) in [5.74, 6) is -0.939. The van der Waals surface area contributed by atoms with Crippen LogP contribution in [0.4, 0.5) is 0 Å². The highest BCUT2D eigenvalue weighted by Gasteiger charge is 2.17. The van der Waals surface area contributed by atoms with Crippen LogP contribution >= 0.6 is 11.6 Å². The molecule has 98 valence electrons. The van der Waals surface area contributed by atoms with Gasteiger partial charge < -0.3 is 9.84 Å². The van der Waals surface area contributed by atoms with Gasteiger partial charge in [0, 0.05) is 5.54 Å². The van der Waals surface area contributed by atoms with Crippen LogP contribution in [0, 0.1) is 0 Å². The van der Waals surface area contributed by atoms with Gasteiger partial charge in [0.2, 0.25) is 5.69 Å². The molecule has 0 bridgehead atoms. The average Bonchev–Trinajstić information content (AvgIpc) is 2.84. The lowest BCUT2D eigenvalue weighted by Gasteiger charge is -1.99. The molecule has 6 heteroatoms. The van der Waals surface area contributed by atoms with Gasteiger partial charge in [0.05, 0.1) is 11.9 Å². The fourth-order valence-corrected chi connectivity index (χ4v) is 1.57. The largest absolute Gasteiger partial charge is 0.485 e. The van der Waals surface area contributed by atoms with Crippen LogP contribution in [0.5, 0.6) is 5.75 Å². The zero-order chi connectivity index (χ0) is 13.7. The summed E-state index contributed by atoms with van der Waals surface area (Å²) in [4.78, 5) is 11.1. The van der Waals surface area contributed by atoms with Crippen LogP contribution in [-0.4, -0.2) is 27.5 Å². The van der Waals surface area contributed by atoms with E-state index in [9.17, 15) is 4.79 Å². The Kier molecular flexibility index (Phi) is 4.20. The molecular formula is C13H11ClN2O3. The van der Waals surface area contributed by atoms with Crippen molar-refractivity contribution in [1.29, 1.82) is 0 Å². The van der Waals surface area contributed by atoms with E-state index in [1.807, 2.05) is 30.3 Å². The summed E-state index contributed by atoms with van der Waals surface area (Å²) >= 11 is 5.37. The van der Waals surface area contributed by atoms with Crippen molar-refractivity contribution in [1.82, 2.24) is 9.78 Å². The number of hydrogen-bond acceptors (Lipinski definition) is 3. The lowest BCUT2D eigenvalue weighted by molar-refractivity contribution is 0.0686. The van der Waals surface area contributed by atoms with Crippen molar-refractivity contribution >= 4 is 17.6 Å². The third-order valence-corrected chi connectivity index (χ3v) is 2.51. The Labute approximate surface area is 114 Å². The smallest absolute Gasteiger partial charge is 0.360 e. The minimum absolute atomic E-state index is 0.133. The molecule has 2 rings (SSSR count). The van der Waals surface area contributed by atoms with E-state index in [1.165, 1.54) is 16.4 Å². The van der Waals surface area contributed by atoms with E-state index in [4.69, 9.17) is 21.4 Å². The van der Waals surface area contributed by atoms with Gasteiger partial charge in [0.15, 0.2) is 5.75 Å². The van der Waals surface area contributed by atoms with Crippen LogP contribution in [-0.2, 0) is 0 Å². The molecule has 2 aromatic rings. The van der Waals surface area contributed by atoms with Crippen molar-refractivity contribution in [2.75, 3.05) is 6.61 Å². The molecule has 0 aliphatic rings. The normalized spacial score (nSPS) is 10.8. The summed E-state index contributed by atoms with van der Waals surface area (Å²) in [5.41, 5.74) is 1.93. The molecule has 1 aromatic carbocycles. The zero-order valence-electron chi connectivity index (χ0n) is 9.86. The molecule has 19 heavy (non-hydrogen) atoms. The highest BCUT2D eigenvalue weighted by molar-refractivity contribution is 6.25. The molecule has 0 unspecified atom stereocenters. The first-order valence-corrected chi connectivity index (χ1v) is 5.92. The van der Waals surface area contributed by atoms with Crippen molar-refractivity contribution in [3.05, 3.63) is 53.8 Å². The number of carboxylic acids is 1. The van der Waals surface area contributed by atoms with Gasteiger partial charge in [-0.15, -0.1) is 0 Å². The Balaban J connectivity index is 2.32. The number of benzene rings is 1. The first-order chi connectivity index (χ1) is 9.22. The van der Waals surface area contributed by atoms with Gasteiger partial charge in [-0.3, -0.25) is 0 Å². The molecule has 5 nitrogen and oxygen atoms in total. The minimum Gasteiger partial charge on any atom is -0.485 e. The first kappa shape index (κ1) is 13.2. The van der Waals surface area contributed by atoms with Crippen LogP contribution in [0.15, 0.2) is 48.1 Å². The van der Waals surface area contributed by atoms with Gasteiger partial charge in [-0.05, 0) is 18.2 Å². The fraction of sp³-hybridized carbons (Fsp3) is 0.0769. The number of ether oxygens (including phenoxy) is 1. The van der Waals surface area contributed by atoms with Crippen molar-refractivity contribution in [3.63, 3.8) is 0 Å². The van der Waals surface area contributed by atoms with E-state index < -0.39 is 5.97 Å². The highest BCUT2D eigenvalue weighted by atomic mass is 35.5. The van der Waals surface area contributed by atoms with E-state index in [2.05, 4.69) is 5.10 Å². The number of rotatable bonds is 5. The van der Waals surface area contributed by atoms with Gasteiger partial charge in [-0.1, -0.05) is 29.8 Å². The SMILES string of the molecule is O=C(O)c1nn(-c2ccccc2)cc1OC/C=C/Cl. The number of nitrogens with zero attached hydrogens (tertiary/aromatic N) is 2. The van der Waals surface area contributed by atoms with Crippen LogP contribution in [0.1, 0.15) is 10.5 Å². The Morgan fingerprint density at radius 1 is 1.42 bits per heavy atom. The van der Waals surface area contributed by atoms with Crippen LogP contribution in [0.2, 0.25) is 0 Å². The van der Waals surface area contributed by atoms with Crippen molar-refractivity contribution in [2.24, 2.45) is 0 Å². The van der Waals surface area contributed by atoms with Gasteiger partial charge in [-0.2, -0.15) is 5.10 Å². The fourth-order valence-electron chi connectivity index (χ4n) is 1.50. The third kappa shape index (κ3) is 3.14. The van der Waals surface area contributed by atoms with Crippen LogP contribution < -0.4 is 4.74 Å². The zero-order valence-corrected chi connectivity index (χ0v) is 10.6. The number of carbonyl (C=O) groups is 1. The number of hydrogen-bond donors (Lipinski definition) is 1. The molecule has 0 saturated heterocycles. The van der Waals surface area contributed by atoms with Gasteiger partial charge in [0.1, 0.15) is 6.61 Å². The molecule has 0 aliphatic carbocycles. The van der Waals surface area contributed by atoms with E-state index in [0.717, 1.165) is 5.69 Å². The maximum atomic E-state index is 11.1. The molecule has 1 N–H and O–H groups in total. The first-order valence-electron chi connectivity index (χ1n) is 5.49. The van der Waals surface area contributed by atoms with Crippen molar-refractivity contribution < 1.29 is 14.6 Å². The predicted molar refractivity (Wildman–Crippen MR) is 71.0 cm³/mol. The van der Waals surface area contributed by atoms with E-state index in [-0.39, 0.29) is 18.1 Å². The lowest BCUT2D eigenvalue weighted by atomic mass is 10.3. The summed E-state index contributed by atoms with van der Waals surface area (Å²) in [5, 5.41) is 13.1. The molecule has 1 heterocycles. The maximum Gasteiger partial charge on any atom is 0.360 e. The topological polar surface area (TPSA) is 64.3 Å². The second kappa shape index (κ2) is 6.06. The second-order valence-electron chi connectivity index (χ2n) is 3.60. The van der Waals surface area contributed by atoms with Crippen molar-refractivity contribution in [2.45, 2.75) is 0 Å². The average molecular weight is 279 g/mol. The predicted octanol–water partition coefficient (Wildman–Crippen LogP) is 2.70. The molecule has 0 saturated carbocycles. The molecule has 0 aliphatic heterocycles. The standard InChI is InChI=1S/C13H11ClN2O3/c14-7-4-8-19-11-9-16(15-12(11)13(17)18)10-5-2-1-3-6-10/h1-7,9H,8H2,(H,17,18)/b7-4+. The number of aromatic nitrogens is 2. The second-order valence-corrected chi connectivity index (χ2v) is 3.85. The summed E-state index contributed by atoms with van der Waals surface area (Å²) in [6, 6.07) is 9.19. The lowest BCUT2D eigenvalue weighted by Crippen LogP contribution is -2.03. The van der Waals surface area contributed by atoms with Crippen LogP contribution in [0.3, 0.4) is 0 Å². The van der Waals surface area contributed by atoms with E-state index >= 15 is 0 Å². The summed E-state index contributed by atoms with van der Waals surface area (Å²) in [6.07, 6.45) is 3.09. The Morgan fingerprint density at radius 3 is 2.79 bits per heavy atom. The Hall–Kier alpha value is -2.27. The molecular weight excluding hydrogens is 268 g/mol. The summed E-state index contributed by atoms with van der Waals surface area (Å²) < 4.78 is 6.77.